The summed E-state index contributed by atoms with van der Waals surface area (Å²) in [5, 5.41) is 16.3. The van der Waals surface area contributed by atoms with E-state index in [2.05, 4.69) is 14.1 Å². The fourth-order valence-electron chi connectivity index (χ4n) is 1.19. The molecule has 0 atom stereocenters. The molecule has 5 nitrogen and oxygen atoms in total. The van der Waals surface area contributed by atoms with Crippen molar-refractivity contribution in [3.05, 3.63) is 0 Å². The van der Waals surface area contributed by atoms with Crippen molar-refractivity contribution >= 4 is 11.9 Å². The highest BCUT2D eigenvalue weighted by molar-refractivity contribution is 6.26. The van der Waals surface area contributed by atoms with E-state index in [-0.39, 0.29) is 0 Å². The monoisotopic (exact) mass is 189 g/mol. The highest BCUT2D eigenvalue weighted by Gasteiger charge is 2.19. The van der Waals surface area contributed by atoms with Crippen molar-refractivity contribution in [3.8, 4) is 0 Å². The number of likely N-dealkylation sites (tertiary alicyclic amines) is 1. The molecule has 1 heterocycles. The van der Waals surface area contributed by atoms with Gasteiger partial charge in [-0.3, -0.25) is 0 Å². The van der Waals surface area contributed by atoms with E-state index in [1.165, 1.54) is 30.4 Å². The lowest BCUT2D eigenvalue weighted by molar-refractivity contribution is -0.877. The Balaban J connectivity index is 0.000000226. The van der Waals surface area contributed by atoms with E-state index in [0.29, 0.717) is 0 Å². The molecule has 0 aliphatic carbocycles. The Morgan fingerprint density at radius 3 is 1.62 bits per heavy atom. The van der Waals surface area contributed by atoms with Gasteiger partial charge in [-0.25, -0.2) is 4.79 Å². The van der Waals surface area contributed by atoms with Crippen molar-refractivity contribution in [1.29, 1.82) is 0 Å². The summed E-state index contributed by atoms with van der Waals surface area (Å²) >= 11 is 0. The Labute approximate surface area is 77.2 Å². The standard InChI is InChI=1S/C6H14N.C2H2O4/c1-7(2)5-3-4-6-7;3-1(4)2(5)6/h3-6H2,1-2H3;(H,3,4)(H,5,6)/q+1;/p-1. The first-order valence-electron chi connectivity index (χ1n) is 4.11. The molecule has 5 heteroatoms. The molecule has 13 heavy (non-hydrogen) atoms. The number of aliphatic carboxylic acids is 2. The zero-order chi connectivity index (χ0) is 10.5. The molecule has 1 N–H and O–H groups in total. The fourth-order valence-corrected chi connectivity index (χ4v) is 1.19. The molecule has 0 aromatic rings. The van der Waals surface area contributed by atoms with Crippen LogP contribution in [0.3, 0.4) is 0 Å². The van der Waals surface area contributed by atoms with E-state index in [9.17, 15) is 0 Å². The number of hydrogen-bond donors (Lipinski definition) is 1. The molecule has 0 aromatic heterocycles. The van der Waals surface area contributed by atoms with E-state index >= 15 is 0 Å². The van der Waals surface area contributed by atoms with Gasteiger partial charge in [0, 0.05) is 12.8 Å². The van der Waals surface area contributed by atoms with Crippen LogP contribution in [0.4, 0.5) is 0 Å². The average Bonchev–Trinajstić information content (AvgIpc) is 2.35. The molecular weight excluding hydrogens is 174 g/mol. The average molecular weight is 189 g/mol. The topological polar surface area (TPSA) is 77.4 Å². The van der Waals surface area contributed by atoms with Crippen molar-refractivity contribution < 1.29 is 24.3 Å². The Bertz CT molecular complexity index is 180. The van der Waals surface area contributed by atoms with Crippen LogP contribution in [0.15, 0.2) is 0 Å². The molecule has 0 amide bonds. The lowest BCUT2D eigenvalue weighted by Crippen LogP contribution is -2.35. The predicted octanol–water partition coefficient (Wildman–Crippen LogP) is -1.32. The van der Waals surface area contributed by atoms with Crippen molar-refractivity contribution in [3.63, 3.8) is 0 Å². The first kappa shape index (κ1) is 11.9. The number of carbonyl (C=O) groups excluding carboxylic acids is 1. The SMILES string of the molecule is C[N+]1(C)CCCC1.O=C([O-])C(=O)O. The molecule has 1 rings (SSSR count). The minimum atomic E-state index is -2.07. The third-order valence-corrected chi connectivity index (χ3v) is 1.95. The summed E-state index contributed by atoms with van der Waals surface area (Å²) in [5.41, 5.74) is 0. The molecule has 0 unspecified atom stereocenters. The van der Waals surface area contributed by atoms with Gasteiger partial charge in [-0.15, -0.1) is 0 Å². The number of nitrogens with zero attached hydrogens (tertiary/aromatic N) is 1. The lowest BCUT2D eigenvalue weighted by Gasteiger charge is -2.21. The Hall–Kier alpha value is -1.10. The zero-order valence-electron chi connectivity index (χ0n) is 7.95. The molecule has 1 aliphatic rings. The van der Waals surface area contributed by atoms with Gasteiger partial charge in [0.15, 0.2) is 5.97 Å². The van der Waals surface area contributed by atoms with Crippen molar-refractivity contribution in [2.45, 2.75) is 12.8 Å². The van der Waals surface area contributed by atoms with Crippen LogP contribution in [0.25, 0.3) is 0 Å². The molecule has 1 saturated heterocycles. The highest BCUT2D eigenvalue weighted by atomic mass is 16.4. The normalized spacial score (nSPS) is 18.6. The maximum absolute atomic E-state index is 9.04. The number of carbonyl (C=O) groups is 2. The van der Waals surface area contributed by atoms with E-state index in [0.717, 1.165) is 0 Å². The van der Waals surface area contributed by atoms with Crippen LogP contribution in [-0.4, -0.2) is 48.7 Å². The summed E-state index contributed by atoms with van der Waals surface area (Å²) < 4.78 is 1.25. The van der Waals surface area contributed by atoms with E-state index in [1.807, 2.05) is 0 Å². The lowest BCUT2D eigenvalue weighted by atomic mass is 10.4. The number of quaternary nitrogens is 1. The number of hydrogen-bond acceptors (Lipinski definition) is 3. The first-order chi connectivity index (χ1) is 5.85. The third kappa shape index (κ3) is 6.10. The van der Waals surface area contributed by atoms with Gasteiger partial charge in [0.25, 0.3) is 0 Å². The third-order valence-electron chi connectivity index (χ3n) is 1.95. The molecule has 0 spiro atoms. The minimum Gasteiger partial charge on any atom is -0.539 e. The first-order valence-corrected chi connectivity index (χ1v) is 4.11. The molecule has 0 aromatic carbocycles. The number of carboxylic acids is 2. The van der Waals surface area contributed by atoms with Crippen LogP contribution in [0.5, 0.6) is 0 Å². The zero-order valence-corrected chi connectivity index (χ0v) is 7.95. The maximum Gasteiger partial charge on any atom is 0.351 e. The fraction of sp³-hybridized carbons (Fsp3) is 0.750. The second kappa shape index (κ2) is 4.81. The summed E-state index contributed by atoms with van der Waals surface area (Å²) in [5.74, 6) is -4.01. The van der Waals surface area contributed by atoms with Crippen LogP contribution in [0.1, 0.15) is 12.8 Å². The van der Waals surface area contributed by atoms with Crippen molar-refractivity contribution in [2.75, 3.05) is 27.2 Å². The largest absolute Gasteiger partial charge is 0.539 e. The van der Waals surface area contributed by atoms with Crippen LogP contribution < -0.4 is 5.11 Å². The predicted molar refractivity (Wildman–Crippen MR) is 43.7 cm³/mol. The molecule has 0 bridgehead atoms. The molecule has 0 saturated carbocycles. The van der Waals surface area contributed by atoms with E-state index in [4.69, 9.17) is 19.8 Å². The molecule has 0 radical (unpaired) electrons. The van der Waals surface area contributed by atoms with Crippen LogP contribution in [0.2, 0.25) is 0 Å². The van der Waals surface area contributed by atoms with Gasteiger partial charge in [0.1, 0.15) is 0 Å². The number of carboxylic acid groups (broad SMARTS) is 2. The summed E-state index contributed by atoms with van der Waals surface area (Å²) in [6.07, 6.45) is 2.88. The van der Waals surface area contributed by atoms with Gasteiger partial charge in [-0.05, 0) is 0 Å². The van der Waals surface area contributed by atoms with E-state index in [1.54, 1.807) is 0 Å². The van der Waals surface area contributed by atoms with Gasteiger partial charge >= 0.3 is 5.97 Å². The van der Waals surface area contributed by atoms with Gasteiger partial charge in [-0.1, -0.05) is 0 Å². The quantitative estimate of drug-likeness (QED) is 0.378. The van der Waals surface area contributed by atoms with Crippen molar-refractivity contribution in [1.82, 2.24) is 0 Å². The van der Waals surface area contributed by atoms with E-state index < -0.39 is 11.9 Å². The van der Waals surface area contributed by atoms with Crippen LogP contribution in [0, 0.1) is 0 Å². The smallest absolute Gasteiger partial charge is 0.351 e. The highest BCUT2D eigenvalue weighted by Crippen LogP contribution is 2.11. The number of rotatable bonds is 0. The van der Waals surface area contributed by atoms with Gasteiger partial charge < -0.3 is 19.5 Å². The second-order valence-corrected chi connectivity index (χ2v) is 3.68. The molecule has 76 valence electrons. The van der Waals surface area contributed by atoms with Gasteiger partial charge in [-0.2, -0.15) is 0 Å². The molecule has 1 fully saturated rings. The Morgan fingerprint density at radius 2 is 1.54 bits per heavy atom. The minimum absolute atomic E-state index is 1.25. The van der Waals surface area contributed by atoms with Gasteiger partial charge in [0.2, 0.25) is 0 Å². The molecular formula is C8H15NO4. The summed E-state index contributed by atoms with van der Waals surface area (Å²) in [6, 6.07) is 0. The van der Waals surface area contributed by atoms with Crippen molar-refractivity contribution in [2.24, 2.45) is 0 Å². The van der Waals surface area contributed by atoms with Gasteiger partial charge in [0.05, 0.1) is 27.2 Å². The summed E-state index contributed by atoms with van der Waals surface area (Å²) in [7, 11) is 4.60. The van der Waals surface area contributed by atoms with Crippen LogP contribution >= 0.6 is 0 Å². The van der Waals surface area contributed by atoms with Crippen LogP contribution in [-0.2, 0) is 9.59 Å². The second-order valence-electron chi connectivity index (χ2n) is 3.68. The maximum atomic E-state index is 9.04. The summed E-state index contributed by atoms with van der Waals surface area (Å²) in [4.78, 5) is 18.0. The Morgan fingerprint density at radius 1 is 1.23 bits per heavy atom. The Kier molecular flexibility index (Phi) is 4.40. The molecule has 1 aliphatic heterocycles. The summed E-state index contributed by atoms with van der Waals surface area (Å²) in [6.45, 7) is 2.78.